The summed E-state index contributed by atoms with van der Waals surface area (Å²) >= 11 is 0. The first-order valence-corrected chi connectivity index (χ1v) is 10.9. The summed E-state index contributed by atoms with van der Waals surface area (Å²) in [6.45, 7) is 0.282. The number of aromatic nitrogens is 2. The quantitative estimate of drug-likeness (QED) is 0.407. The lowest BCUT2D eigenvalue weighted by Gasteiger charge is -2.31. The van der Waals surface area contributed by atoms with Gasteiger partial charge in [0.1, 0.15) is 23.2 Å². The van der Waals surface area contributed by atoms with E-state index in [0.717, 1.165) is 5.56 Å². The predicted octanol–water partition coefficient (Wildman–Crippen LogP) is 3.90. The number of carbonyl (C=O) groups is 2. The highest BCUT2D eigenvalue weighted by atomic mass is 16.5. The summed E-state index contributed by atoms with van der Waals surface area (Å²) in [7, 11) is 1.55. The van der Waals surface area contributed by atoms with Gasteiger partial charge in [0.05, 0.1) is 13.3 Å². The standard InChI is InChI=1S/C27H24N4O4/c1-35-23-13-9-21(10-14-23)31(27(34)24-18-28-15-16-29-24)25(20-7-11-22(32)12-8-20)26(33)30-17-19-5-3-2-4-6-19/h2-16,18,25,32H,17H2,1H3,(H,30,33)/t25-/m0/s1. The summed E-state index contributed by atoms with van der Waals surface area (Å²) in [5.74, 6) is -0.243. The van der Waals surface area contributed by atoms with Crippen molar-refractivity contribution < 1.29 is 19.4 Å². The minimum absolute atomic E-state index is 0.0495. The van der Waals surface area contributed by atoms with E-state index in [9.17, 15) is 14.7 Å². The van der Waals surface area contributed by atoms with Crippen molar-refractivity contribution in [2.24, 2.45) is 0 Å². The van der Waals surface area contributed by atoms with Crippen LogP contribution in [0.1, 0.15) is 27.7 Å². The number of hydrogen-bond acceptors (Lipinski definition) is 6. The van der Waals surface area contributed by atoms with Gasteiger partial charge in [-0.05, 0) is 47.5 Å². The second-order valence-electron chi connectivity index (χ2n) is 7.66. The fourth-order valence-electron chi connectivity index (χ4n) is 3.62. The first-order valence-electron chi connectivity index (χ1n) is 10.9. The zero-order chi connectivity index (χ0) is 24.6. The zero-order valence-corrected chi connectivity index (χ0v) is 19.0. The Balaban J connectivity index is 1.78. The maximum atomic E-state index is 13.7. The van der Waals surface area contributed by atoms with E-state index in [-0.39, 0.29) is 18.0 Å². The van der Waals surface area contributed by atoms with Crippen LogP contribution in [0.2, 0.25) is 0 Å². The molecule has 0 saturated carbocycles. The SMILES string of the molecule is COc1ccc(N(C(=O)c2cnccn2)[C@H](C(=O)NCc2ccccc2)c2ccc(O)cc2)cc1. The number of anilines is 1. The van der Waals surface area contributed by atoms with Crippen LogP contribution >= 0.6 is 0 Å². The molecule has 0 fully saturated rings. The molecule has 8 heteroatoms. The van der Waals surface area contributed by atoms with Crippen molar-refractivity contribution in [1.82, 2.24) is 15.3 Å². The molecule has 0 unspecified atom stereocenters. The molecule has 1 heterocycles. The number of carbonyl (C=O) groups excluding carboxylic acids is 2. The highest BCUT2D eigenvalue weighted by Crippen LogP contribution is 2.31. The molecule has 0 radical (unpaired) electrons. The Labute approximate surface area is 202 Å². The lowest BCUT2D eigenvalue weighted by Crippen LogP contribution is -2.44. The molecule has 35 heavy (non-hydrogen) atoms. The normalized spacial score (nSPS) is 11.3. The molecule has 0 aliphatic heterocycles. The van der Waals surface area contributed by atoms with Crippen LogP contribution in [0.4, 0.5) is 5.69 Å². The molecule has 2 N–H and O–H groups in total. The molecule has 0 saturated heterocycles. The highest BCUT2D eigenvalue weighted by molar-refractivity contribution is 6.09. The molecule has 3 aromatic carbocycles. The van der Waals surface area contributed by atoms with Crippen LogP contribution in [0.15, 0.2) is 97.5 Å². The largest absolute Gasteiger partial charge is 0.508 e. The minimum Gasteiger partial charge on any atom is -0.508 e. The number of phenols is 1. The first-order chi connectivity index (χ1) is 17.1. The molecule has 0 aliphatic carbocycles. The molecule has 1 aromatic heterocycles. The van der Waals surface area contributed by atoms with Crippen LogP contribution in [-0.2, 0) is 11.3 Å². The number of methoxy groups -OCH3 is 1. The molecular formula is C27H24N4O4. The summed E-state index contributed by atoms with van der Waals surface area (Å²) in [6.07, 6.45) is 4.25. The van der Waals surface area contributed by atoms with Crippen molar-refractivity contribution in [3.63, 3.8) is 0 Å². The van der Waals surface area contributed by atoms with Crippen molar-refractivity contribution in [2.45, 2.75) is 12.6 Å². The summed E-state index contributed by atoms with van der Waals surface area (Å²) in [6, 6.07) is 21.4. The van der Waals surface area contributed by atoms with E-state index in [1.165, 1.54) is 35.6 Å². The number of phenolic OH excluding ortho intramolecular Hbond substituents is 1. The average Bonchev–Trinajstić information content (AvgIpc) is 2.92. The fraction of sp³-hybridized carbons (Fsp3) is 0.111. The third-order valence-electron chi connectivity index (χ3n) is 5.38. The zero-order valence-electron chi connectivity index (χ0n) is 19.0. The minimum atomic E-state index is -1.05. The summed E-state index contributed by atoms with van der Waals surface area (Å²) in [5.41, 5.74) is 1.99. The van der Waals surface area contributed by atoms with Crippen molar-refractivity contribution in [3.8, 4) is 11.5 Å². The molecule has 2 amide bonds. The predicted molar refractivity (Wildman–Crippen MR) is 131 cm³/mol. The topological polar surface area (TPSA) is 105 Å². The highest BCUT2D eigenvalue weighted by Gasteiger charge is 2.34. The van der Waals surface area contributed by atoms with Gasteiger partial charge in [0, 0.05) is 24.6 Å². The number of ether oxygens (including phenoxy) is 1. The molecular weight excluding hydrogens is 444 g/mol. The van der Waals surface area contributed by atoms with Gasteiger partial charge in [0.25, 0.3) is 5.91 Å². The van der Waals surface area contributed by atoms with Gasteiger partial charge in [-0.3, -0.25) is 19.5 Å². The van der Waals surface area contributed by atoms with Crippen LogP contribution in [0.5, 0.6) is 11.5 Å². The fourth-order valence-corrected chi connectivity index (χ4v) is 3.62. The van der Waals surface area contributed by atoms with E-state index in [1.807, 2.05) is 30.3 Å². The summed E-state index contributed by atoms with van der Waals surface area (Å²) < 4.78 is 5.25. The molecule has 8 nitrogen and oxygen atoms in total. The van der Waals surface area contributed by atoms with E-state index in [0.29, 0.717) is 17.0 Å². The maximum Gasteiger partial charge on any atom is 0.279 e. The molecule has 4 rings (SSSR count). The second kappa shape index (κ2) is 10.9. The Morgan fingerprint density at radius 2 is 1.69 bits per heavy atom. The van der Waals surface area contributed by atoms with Crippen LogP contribution in [0, 0.1) is 0 Å². The third kappa shape index (κ3) is 5.62. The molecule has 1 atom stereocenters. The van der Waals surface area contributed by atoms with E-state index in [4.69, 9.17) is 4.74 Å². The van der Waals surface area contributed by atoms with Gasteiger partial charge in [-0.25, -0.2) is 4.98 Å². The third-order valence-corrected chi connectivity index (χ3v) is 5.38. The molecule has 0 bridgehead atoms. The van der Waals surface area contributed by atoms with E-state index in [1.54, 1.807) is 43.5 Å². The number of nitrogens with zero attached hydrogens (tertiary/aromatic N) is 3. The smallest absolute Gasteiger partial charge is 0.279 e. The second-order valence-corrected chi connectivity index (χ2v) is 7.66. The van der Waals surface area contributed by atoms with Gasteiger partial charge in [-0.15, -0.1) is 0 Å². The number of hydrogen-bond donors (Lipinski definition) is 2. The number of rotatable bonds is 8. The van der Waals surface area contributed by atoms with Gasteiger partial charge in [-0.2, -0.15) is 0 Å². The van der Waals surface area contributed by atoms with Crippen molar-refractivity contribution >= 4 is 17.5 Å². The Hall–Kier alpha value is -4.72. The van der Waals surface area contributed by atoms with Gasteiger partial charge in [0.15, 0.2) is 0 Å². The molecule has 176 valence electrons. The van der Waals surface area contributed by atoms with Gasteiger partial charge >= 0.3 is 0 Å². The lowest BCUT2D eigenvalue weighted by atomic mass is 10.0. The lowest BCUT2D eigenvalue weighted by molar-refractivity contribution is -0.122. The molecule has 4 aromatic rings. The Kier molecular flexibility index (Phi) is 7.32. The Morgan fingerprint density at radius 1 is 0.971 bits per heavy atom. The number of benzene rings is 3. The monoisotopic (exact) mass is 468 g/mol. The van der Waals surface area contributed by atoms with Crippen LogP contribution in [0.25, 0.3) is 0 Å². The Morgan fingerprint density at radius 3 is 2.31 bits per heavy atom. The number of nitrogens with one attached hydrogen (secondary N) is 1. The number of aromatic hydroxyl groups is 1. The Bertz CT molecular complexity index is 1260. The maximum absolute atomic E-state index is 13.7. The van der Waals surface area contributed by atoms with Crippen molar-refractivity contribution in [3.05, 3.63) is 114 Å². The van der Waals surface area contributed by atoms with Crippen LogP contribution in [-0.4, -0.2) is 34.0 Å². The van der Waals surface area contributed by atoms with Crippen molar-refractivity contribution in [1.29, 1.82) is 0 Å². The van der Waals surface area contributed by atoms with Crippen LogP contribution in [0.3, 0.4) is 0 Å². The summed E-state index contributed by atoms with van der Waals surface area (Å²) in [4.78, 5) is 36.9. The summed E-state index contributed by atoms with van der Waals surface area (Å²) in [5, 5.41) is 12.8. The van der Waals surface area contributed by atoms with Gasteiger partial charge in [0.2, 0.25) is 5.91 Å². The van der Waals surface area contributed by atoms with Gasteiger partial charge < -0.3 is 15.2 Å². The molecule has 0 spiro atoms. The average molecular weight is 469 g/mol. The molecule has 0 aliphatic rings. The first kappa shape index (κ1) is 23.4. The number of amides is 2. The van der Waals surface area contributed by atoms with E-state index >= 15 is 0 Å². The van der Waals surface area contributed by atoms with Crippen molar-refractivity contribution in [2.75, 3.05) is 12.0 Å². The van der Waals surface area contributed by atoms with Crippen LogP contribution < -0.4 is 15.0 Å². The van der Waals surface area contributed by atoms with E-state index in [2.05, 4.69) is 15.3 Å². The van der Waals surface area contributed by atoms with Gasteiger partial charge in [-0.1, -0.05) is 42.5 Å². The van der Waals surface area contributed by atoms with E-state index < -0.39 is 17.9 Å².